The van der Waals surface area contributed by atoms with E-state index in [1.807, 2.05) is 30.3 Å². The molecule has 3 aromatic carbocycles. The van der Waals surface area contributed by atoms with Gasteiger partial charge in [-0.2, -0.15) is 0 Å². The molecule has 2 N–H and O–H groups in total. The third kappa shape index (κ3) is 6.53. The van der Waals surface area contributed by atoms with Crippen molar-refractivity contribution in [2.45, 2.75) is 13.5 Å². The molecule has 0 aliphatic rings. The Labute approximate surface area is 179 Å². The van der Waals surface area contributed by atoms with Gasteiger partial charge in [0.1, 0.15) is 18.1 Å². The van der Waals surface area contributed by atoms with E-state index < -0.39 is 0 Å². The van der Waals surface area contributed by atoms with Gasteiger partial charge in [-0.1, -0.05) is 41.9 Å². The highest BCUT2D eigenvalue weighted by atomic mass is 35.5. The minimum Gasteiger partial charge on any atom is -0.489 e. The second-order valence-electron chi connectivity index (χ2n) is 6.46. The van der Waals surface area contributed by atoms with Crippen molar-refractivity contribution in [1.82, 2.24) is 0 Å². The van der Waals surface area contributed by atoms with Crippen LogP contribution in [-0.2, 0) is 16.2 Å². The Hall–Kier alpha value is -3.51. The van der Waals surface area contributed by atoms with E-state index in [1.54, 1.807) is 42.5 Å². The van der Waals surface area contributed by atoms with Crippen molar-refractivity contribution in [3.8, 4) is 11.5 Å². The fourth-order valence-corrected chi connectivity index (χ4v) is 2.83. The molecule has 0 atom stereocenters. The van der Waals surface area contributed by atoms with Crippen LogP contribution >= 0.6 is 11.6 Å². The second kappa shape index (κ2) is 10.3. The number of ether oxygens (including phenoxy) is 2. The number of benzene rings is 3. The summed E-state index contributed by atoms with van der Waals surface area (Å²) in [6.07, 6.45) is 0. The number of nitrogens with one attached hydrogen (secondary N) is 2. The average molecular weight is 425 g/mol. The average Bonchev–Trinajstić information content (AvgIpc) is 2.74. The van der Waals surface area contributed by atoms with Crippen LogP contribution in [0.15, 0.2) is 72.8 Å². The lowest BCUT2D eigenvalue weighted by Gasteiger charge is -2.11. The SMILES string of the molecule is CC(=O)Nc1ccc(NC(=O)COc2ccc(OCc3ccccc3)cc2)c(Cl)c1. The van der Waals surface area contributed by atoms with Crippen LogP contribution in [0.3, 0.4) is 0 Å². The topological polar surface area (TPSA) is 76.7 Å². The van der Waals surface area contributed by atoms with Crippen molar-refractivity contribution < 1.29 is 19.1 Å². The zero-order valence-electron chi connectivity index (χ0n) is 16.4. The van der Waals surface area contributed by atoms with E-state index in [0.29, 0.717) is 34.5 Å². The van der Waals surface area contributed by atoms with Crippen molar-refractivity contribution in [3.05, 3.63) is 83.4 Å². The summed E-state index contributed by atoms with van der Waals surface area (Å²) in [5.41, 5.74) is 2.07. The highest BCUT2D eigenvalue weighted by Gasteiger charge is 2.08. The summed E-state index contributed by atoms with van der Waals surface area (Å²) in [5, 5.41) is 5.62. The maximum atomic E-state index is 12.1. The van der Waals surface area contributed by atoms with Crippen LogP contribution in [0, 0.1) is 0 Å². The summed E-state index contributed by atoms with van der Waals surface area (Å²) < 4.78 is 11.2. The summed E-state index contributed by atoms with van der Waals surface area (Å²) in [6.45, 7) is 1.71. The van der Waals surface area contributed by atoms with Crippen LogP contribution in [0.1, 0.15) is 12.5 Å². The Morgan fingerprint density at radius 2 is 1.53 bits per heavy atom. The molecule has 0 bridgehead atoms. The molecule has 0 saturated carbocycles. The Bertz CT molecular complexity index is 1010. The maximum Gasteiger partial charge on any atom is 0.262 e. The molecule has 3 aromatic rings. The molecule has 0 aliphatic heterocycles. The summed E-state index contributed by atoms with van der Waals surface area (Å²) in [5.74, 6) is 0.701. The molecule has 0 aliphatic carbocycles. The number of halogens is 1. The third-order valence-corrected chi connectivity index (χ3v) is 4.32. The molecule has 0 aromatic heterocycles. The van der Waals surface area contributed by atoms with Crippen LogP contribution in [0.2, 0.25) is 5.02 Å². The van der Waals surface area contributed by atoms with Gasteiger partial charge in [-0.25, -0.2) is 0 Å². The van der Waals surface area contributed by atoms with Gasteiger partial charge in [-0.15, -0.1) is 0 Å². The molecule has 2 amide bonds. The standard InChI is InChI=1S/C23H21ClN2O4/c1-16(27)25-18-7-12-22(21(24)13-18)26-23(28)15-30-20-10-8-19(9-11-20)29-14-17-5-3-2-4-6-17/h2-13H,14-15H2,1H3,(H,25,27)(H,26,28). The van der Waals surface area contributed by atoms with E-state index >= 15 is 0 Å². The molecule has 0 fully saturated rings. The van der Waals surface area contributed by atoms with Crippen LogP contribution < -0.4 is 20.1 Å². The van der Waals surface area contributed by atoms with Gasteiger partial charge >= 0.3 is 0 Å². The highest BCUT2D eigenvalue weighted by molar-refractivity contribution is 6.34. The molecule has 154 valence electrons. The summed E-state index contributed by atoms with van der Waals surface area (Å²) in [6, 6.07) is 21.8. The Morgan fingerprint density at radius 1 is 0.867 bits per heavy atom. The van der Waals surface area contributed by atoms with E-state index in [9.17, 15) is 9.59 Å². The van der Waals surface area contributed by atoms with Crippen LogP contribution in [-0.4, -0.2) is 18.4 Å². The van der Waals surface area contributed by atoms with E-state index in [-0.39, 0.29) is 18.4 Å². The number of hydrogen-bond acceptors (Lipinski definition) is 4. The lowest BCUT2D eigenvalue weighted by molar-refractivity contribution is -0.118. The zero-order chi connectivity index (χ0) is 21.3. The lowest BCUT2D eigenvalue weighted by Crippen LogP contribution is -2.20. The van der Waals surface area contributed by atoms with Gasteiger partial charge in [0, 0.05) is 12.6 Å². The Morgan fingerprint density at radius 3 is 2.17 bits per heavy atom. The molecule has 0 unspecified atom stereocenters. The van der Waals surface area contributed by atoms with Crippen molar-refractivity contribution >= 4 is 34.8 Å². The molecule has 6 nitrogen and oxygen atoms in total. The molecule has 3 rings (SSSR count). The number of amides is 2. The van der Waals surface area contributed by atoms with Gasteiger partial charge in [0.25, 0.3) is 5.91 Å². The normalized spacial score (nSPS) is 10.2. The first-order valence-electron chi connectivity index (χ1n) is 9.26. The van der Waals surface area contributed by atoms with E-state index in [0.717, 1.165) is 5.56 Å². The quantitative estimate of drug-likeness (QED) is 0.539. The third-order valence-electron chi connectivity index (χ3n) is 4.01. The van der Waals surface area contributed by atoms with Gasteiger partial charge < -0.3 is 20.1 Å². The maximum absolute atomic E-state index is 12.1. The lowest BCUT2D eigenvalue weighted by atomic mass is 10.2. The first-order valence-corrected chi connectivity index (χ1v) is 9.64. The largest absolute Gasteiger partial charge is 0.489 e. The summed E-state index contributed by atoms with van der Waals surface area (Å²) in [4.78, 5) is 23.2. The summed E-state index contributed by atoms with van der Waals surface area (Å²) in [7, 11) is 0. The number of carbonyl (C=O) groups excluding carboxylic acids is 2. The van der Waals surface area contributed by atoms with Crippen LogP contribution in [0.25, 0.3) is 0 Å². The Balaban J connectivity index is 1.47. The first kappa shape index (κ1) is 21.2. The first-order chi connectivity index (χ1) is 14.5. The fourth-order valence-electron chi connectivity index (χ4n) is 2.61. The van der Waals surface area contributed by atoms with Crippen LogP contribution in [0.5, 0.6) is 11.5 Å². The monoisotopic (exact) mass is 424 g/mol. The molecule has 0 heterocycles. The minimum absolute atomic E-state index is 0.173. The van der Waals surface area contributed by atoms with Gasteiger partial charge in [-0.05, 0) is 48.0 Å². The second-order valence-corrected chi connectivity index (χ2v) is 6.87. The van der Waals surface area contributed by atoms with Crippen molar-refractivity contribution in [1.29, 1.82) is 0 Å². The summed E-state index contributed by atoms with van der Waals surface area (Å²) >= 11 is 6.14. The zero-order valence-corrected chi connectivity index (χ0v) is 17.1. The van der Waals surface area contributed by atoms with Gasteiger partial charge in [0.15, 0.2) is 6.61 Å². The molecule has 7 heteroatoms. The predicted octanol–water partition coefficient (Wildman–Crippen LogP) is 4.89. The van der Waals surface area contributed by atoms with Gasteiger partial charge in [0.05, 0.1) is 10.7 Å². The molecule has 0 spiro atoms. The molecule has 0 radical (unpaired) electrons. The molecule has 30 heavy (non-hydrogen) atoms. The molecular formula is C23H21ClN2O4. The van der Waals surface area contributed by atoms with E-state index in [1.165, 1.54) is 6.92 Å². The van der Waals surface area contributed by atoms with Crippen molar-refractivity contribution in [2.24, 2.45) is 0 Å². The van der Waals surface area contributed by atoms with E-state index in [4.69, 9.17) is 21.1 Å². The minimum atomic E-state index is -0.353. The molecule has 0 saturated heterocycles. The van der Waals surface area contributed by atoms with Crippen molar-refractivity contribution in [2.75, 3.05) is 17.2 Å². The Kier molecular flexibility index (Phi) is 7.29. The number of anilines is 2. The highest BCUT2D eigenvalue weighted by Crippen LogP contribution is 2.25. The van der Waals surface area contributed by atoms with Gasteiger partial charge in [-0.3, -0.25) is 9.59 Å². The van der Waals surface area contributed by atoms with Crippen LogP contribution in [0.4, 0.5) is 11.4 Å². The number of carbonyl (C=O) groups is 2. The van der Waals surface area contributed by atoms with Gasteiger partial charge in [0.2, 0.25) is 5.91 Å². The predicted molar refractivity (Wildman–Crippen MR) is 117 cm³/mol. The number of rotatable bonds is 8. The number of hydrogen-bond donors (Lipinski definition) is 2. The molecular weight excluding hydrogens is 404 g/mol. The van der Waals surface area contributed by atoms with E-state index in [2.05, 4.69) is 10.6 Å². The fraction of sp³-hybridized carbons (Fsp3) is 0.130. The van der Waals surface area contributed by atoms with Crippen molar-refractivity contribution in [3.63, 3.8) is 0 Å². The smallest absolute Gasteiger partial charge is 0.262 e.